The fourth-order valence-electron chi connectivity index (χ4n) is 2.84. The van der Waals surface area contributed by atoms with Gasteiger partial charge in [0.2, 0.25) is 0 Å². The molecule has 24 heavy (non-hydrogen) atoms. The standard InChI is InChI=1S/C19H16BrN3O/c1-24-16-5-2-13(3-6-16)11-23-12-21-10-19(23)18-9-14-8-15(20)4-7-17(14)22-18/h2-10,12,22H,11H2,1H3. The number of aromatic nitrogens is 3. The number of H-pyrrole nitrogens is 1. The average Bonchev–Trinajstić information content (AvgIpc) is 3.21. The first-order chi connectivity index (χ1) is 11.7. The summed E-state index contributed by atoms with van der Waals surface area (Å²) < 4.78 is 8.43. The van der Waals surface area contributed by atoms with Crippen molar-refractivity contribution >= 4 is 26.8 Å². The Kier molecular flexibility index (Phi) is 3.86. The molecule has 0 radical (unpaired) electrons. The Bertz CT molecular complexity index is 985. The number of hydrogen-bond donors (Lipinski definition) is 1. The summed E-state index contributed by atoms with van der Waals surface area (Å²) >= 11 is 3.52. The number of halogens is 1. The number of benzene rings is 2. The van der Waals surface area contributed by atoms with Crippen LogP contribution in [0.4, 0.5) is 0 Å². The van der Waals surface area contributed by atoms with Gasteiger partial charge in [0.25, 0.3) is 0 Å². The number of ether oxygens (including phenoxy) is 1. The van der Waals surface area contributed by atoms with Crippen LogP contribution in [0.25, 0.3) is 22.3 Å². The quantitative estimate of drug-likeness (QED) is 0.548. The van der Waals surface area contributed by atoms with E-state index in [-0.39, 0.29) is 0 Å². The molecule has 0 saturated carbocycles. The van der Waals surface area contributed by atoms with E-state index in [1.165, 1.54) is 10.9 Å². The molecule has 0 unspecified atom stereocenters. The van der Waals surface area contributed by atoms with Gasteiger partial charge < -0.3 is 14.3 Å². The van der Waals surface area contributed by atoms with Gasteiger partial charge in [-0.15, -0.1) is 0 Å². The largest absolute Gasteiger partial charge is 0.497 e. The molecule has 4 rings (SSSR count). The molecule has 0 atom stereocenters. The lowest BCUT2D eigenvalue weighted by atomic mass is 10.2. The molecule has 120 valence electrons. The molecular weight excluding hydrogens is 366 g/mol. The van der Waals surface area contributed by atoms with E-state index in [0.29, 0.717) is 0 Å². The predicted octanol–water partition coefficient (Wildman–Crippen LogP) is 4.85. The fraction of sp³-hybridized carbons (Fsp3) is 0.105. The summed E-state index contributed by atoms with van der Waals surface area (Å²) in [6.45, 7) is 0.762. The van der Waals surface area contributed by atoms with E-state index in [9.17, 15) is 0 Å². The maximum atomic E-state index is 5.21. The molecule has 4 nitrogen and oxygen atoms in total. The Hall–Kier alpha value is -2.53. The number of aromatic amines is 1. The van der Waals surface area contributed by atoms with E-state index in [2.05, 4.69) is 60.8 Å². The predicted molar refractivity (Wildman–Crippen MR) is 99.3 cm³/mol. The molecule has 2 heterocycles. The highest BCUT2D eigenvalue weighted by atomic mass is 79.9. The molecule has 0 bridgehead atoms. The molecule has 0 aliphatic carbocycles. The number of methoxy groups -OCH3 is 1. The van der Waals surface area contributed by atoms with Gasteiger partial charge >= 0.3 is 0 Å². The lowest BCUT2D eigenvalue weighted by molar-refractivity contribution is 0.414. The minimum atomic E-state index is 0.762. The molecule has 5 heteroatoms. The van der Waals surface area contributed by atoms with Crippen LogP contribution in [0.3, 0.4) is 0 Å². The van der Waals surface area contributed by atoms with Crippen molar-refractivity contribution in [3.8, 4) is 17.1 Å². The zero-order valence-corrected chi connectivity index (χ0v) is 14.7. The van der Waals surface area contributed by atoms with Crippen LogP contribution >= 0.6 is 15.9 Å². The van der Waals surface area contributed by atoms with E-state index in [1.54, 1.807) is 7.11 Å². The number of imidazole rings is 1. The van der Waals surface area contributed by atoms with Gasteiger partial charge in [0.15, 0.2) is 0 Å². The second-order valence-corrected chi connectivity index (χ2v) is 6.59. The first-order valence-electron chi connectivity index (χ1n) is 7.64. The Morgan fingerprint density at radius 2 is 1.96 bits per heavy atom. The van der Waals surface area contributed by atoms with Crippen molar-refractivity contribution in [2.45, 2.75) is 6.54 Å². The van der Waals surface area contributed by atoms with Crippen molar-refractivity contribution in [3.05, 3.63) is 71.1 Å². The summed E-state index contributed by atoms with van der Waals surface area (Å²) in [5.41, 5.74) is 4.45. The molecular formula is C19H16BrN3O. The van der Waals surface area contributed by atoms with Crippen molar-refractivity contribution in [1.82, 2.24) is 14.5 Å². The molecule has 0 fully saturated rings. The van der Waals surface area contributed by atoms with Crippen LogP contribution in [-0.2, 0) is 6.54 Å². The maximum absolute atomic E-state index is 5.21. The van der Waals surface area contributed by atoms with E-state index in [0.717, 1.165) is 33.7 Å². The highest BCUT2D eigenvalue weighted by Crippen LogP contribution is 2.27. The Morgan fingerprint density at radius 3 is 2.75 bits per heavy atom. The number of rotatable bonds is 4. The first kappa shape index (κ1) is 15.0. The molecule has 0 amide bonds. The zero-order valence-electron chi connectivity index (χ0n) is 13.2. The molecule has 0 aliphatic rings. The Morgan fingerprint density at radius 1 is 1.12 bits per heavy atom. The van der Waals surface area contributed by atoms with Crippen LogP contribution in [0.5, 0.6) is 5.75 Å². The third-order valence-electron chi connectivity index (χ3n) is 4.08. The topological polar surface area (TPSA) is 42.8 Å². The summed E-state index contributed by atoms with van der Waals surface area (Å²) in [7, 11) is 1.68. The van der Waals surface area contributed by atoms with Crippen molar-refractivity contribution < 1.29 is 4.74 Å². The van der Waals surface area contributed by atoms with E-state index in [4.69, 9.17) is 4.74 Å². The fourth-order valence-corrected chi connectivity index (χ4v) is 3.22. The van der Waals surface area contributed by atoms with Gasteiger partial charge in [0.05, 0.1) is 31.0 Å². The van der Waals surface area contributed by atoms with Crippen LogP contribution < -0.4 is 4.74 Å². The third kappa shape index (κ3) is 2.83. The maximum Gasteiger partial charge on any atom is 0.118 e. The van der Waals surface area contributed by atoms with Crippen molar-refractivity contribution in [1.29, 1.82) is 0 Å². The van der Waals surface area contributed by atoms with Crippen molar-refractivity contribution in [2.24, 2.45) is 0 Å². The summed E-state index contributed by atoms with van der Waals surface area (Å²) in [5.74, 6) is 0.866. The third-order valence-corrected chi connectivity index (χ3v) is 4.58. The van der Waals surface area contributed by atoms with Crippen molar-refractivity contribution in [3.63, 3.8) is 0 Å². The van der Waals surface area contributed by atoms with E-state index >= 15 is 0 Å². The molecule has 1 N–H and O–H groups in total. The number of nitrogens with one attached hydrogen (secondary N) is 1. The van der Waals surface area contributed by atoms with Gasteiger partial charge in [-0.25, -0.2) is 4.98 Å². The van der Waals surface area contributed by atoms with Crippen LogP contribution in [0.15, 0.2) is 65.5 Å². The minimum absolute atomic E-state index is 0.762. The Balaban J connectivity index is 1.67. The number of nitrogens with zero attached hydrogens (tertiary/aromatic N) is 2. The highest BCUT2D eigenvalue weighted by Gasteiger charge is 2.09. The van der Waals surface area contributed by atoms with Gasteiger partial charge in [-0.1, -0.05) is 28.1 Å². The van der Waals surface area contributed by atoms with E-state index < -0.39 is 0 Å². The Labute approximate surface area is 148 Å². The molecule has 2 aromatic carbocycles. The van der Waals surface area contributed by atoms with Crippen LogP contribution in [0.1, 0.15) is 5.56 Å². The van der Waals surface area contributed by atoms with Crippen molar-refractivity contribution in [2.75, 3.05) is 7.11 Å². The van der Waals surface area contributed by atoms with Gasteiger partial charge in [-0.3, -0.25) is 0 Å². The van der Waals surface area contributed by atoms with Gasteiger partial charge in [-0.2, -0.15) is 0 Å². The van der Waals surface area contributed by atoms with E-state index in [1.807, 2.05) is 30.7 Å². The number of hydrogen-bond acceptors (Lipinski definition) is 2. The normalized spacial score (nSPS) is 11.1. The molecule has 4 aromatic rings. The van der Waals surface area contributed by atoms with Crippen LogP contribution in [-0.4, -0.2) is 21.6 Å². The SMILES string of the molecule is COc1ccc(Cn2cncc2-c2cc3cc(Br)ccc3[nH]2)cc1. The average molecular weight is 382 g/mol. The minimum Gasteiger partial charge on any atom is -0.497 e. The van der Waals surface area contributed by atoms with Gasteiger partial charge in [-0.05, 0) is 42.0 Å². The number of fused-ring (bicyclic) bond motifs is 1. The first-order valence-corrected chi connectivity index (χ1v) is 8.44. The molecule has 0 aliphatic heterocycles. The van der Waals surface area contributed by atoms with Crippen LogP contribution in [0, 0.1) is 0 Å². The lowest BCUT2D eigenvalue weighted by Gasteiger charge is -2.08. The second-order valence-electron chi connectivity index (χ2n) is 5.67. The molecule has 0 spiro atoms. The highest BCUT2D eigenvalue weighted by molar-refractivity contribution is 9.10. The lowest BCUT2D eigenvalue weighted by Crippen LogP contribution is -2.00. The zero-order chi connectivity index (χ0) is 16.5. The molecule has 2 aromatic heterocycles. The van der Waals surface area contributed by atoms with Crippen LogP contribution in [0.2, 0.25) is 0 Å². The van der Waals surface area contributed by atoms with Gasteiger partial charge in [0.1, 0.15) is 5.75 Å². The summed E-state index contributed by atoms with van der Waals surface area (Å²) in [5, 5.41) is 1.18. The summed E-state index contributed by atoms with van der Waals surface area (Å²) in [6.07, 6.45) is 3.75. The second kappa shape index (κ2) is 6.17. The smallest absolute Gasteiger partial charge is 0.118 e. The molecule has 0 saturated heterocycles. The van der Waals surface area contributed by atoms with Gasteiger partial charge in [0, 0.05) is 21.9 Å². The summed E-state index contributed by atoms with van der Waals surface area (Å²) in [6, 6.07) is 16.5. The summed E-state index contributed by atoms with van der Waals surface area (Å²) in [4.78, 5) is 7.79. The monoisotopic (exact) mass is 381 g/mol.